The maximum Gasteiger partial charge on any atom is 0.255 e. The second-order valence-corrected chi connectivity index (χ2v) is 8.59. The monoisotopic (exact) mass is 438 g/mol. The van der Waals surface area contributed by atoms with Crippen LogP contribution in [0.15, 0.2) is 23.0 Å². The number of primary amides is 1. The van der Waals surface area contributed by atoms with Gasteiger partial charge in [0.1, 0.15) is 22.8 Å². The van der Waals surface area contributed by atoms with Crippen LogP contribution in [0, 0.1) is 24.2 Å². The summed E-state index contributed by atoms with van der Waals surface area (Å²) in [6.07, 6.45) is 5.43. The van der Waals surface area contributed by atoms with E-state index in [0.29, 0.717) is 11.3 Å². The molecule has 9 heteroatoms. The number of carbonyl (C=O) groups is 3. The summed E-state index contributed by atoms with van der Waals surface area (Å²) in [7, 11) is 3.53. The Balaban J connectivity index is 1.99. The molecule has 1 fully saturated rings. The van der Waals surface area contributed by atoms with Gasteiger partial charge in [-0.2, -0.15) is 0 Å². The minimum atomic E-state index is -2.58. The van der Waals surface area contributed by atoms with Crippen molar-refractivity contribution in [1.29, 1.82) is 0 Å². The van der Waals surface area contributed by atoms with Crippen LogP contribution in [0.5, 0.6) is 5.75 Å². The largest absolute Gasteiger partial charge is 0.508 e. The van der Waals surface area contributed by atoms with Gasteiger partial charge in [0.25, 0.3) is 5.91 Å². The predicted molar refractivity (Wildman–Crippen MR) is 114 cm³/mol. The molecule has 3 aliphatic carbocycles. The molecule has 0 aromatic heterocycles. The number of anilines is 1. The molecule has 1 aromatic rings. The number of carbonyl (C=O) groups excluding carboxylic acids is 3. The van der Waals surface area contributed by atoms with E-state index in [0.717, 1.165) is 0 Å². The van der Waals surface area contributed by atoms with Gasteiger partial charge in [-0.25, -0.2) is 0 Å². The van der Waals surface area contributed by atoms with Crippen molar-refractivity contribution in [3.8, 4) is 18.1 Å². The number of ketones is 2. The maximum atomic E-state index is 13.4. The number of nitrogens with two attached hydrogens (primary N) is 1. The number of rotatable bonds is 2. The molecule has 9 nitrogen and oxygen atoms in total. The summed E-state index contributed by atoms with van der Waals surface area (Å²) in [5.74, 6) is -4.34. The topological polar surface area (TPSA) is 161 Å². The number of aliphatic hydroxyl groups excluding tert-OH is 2. The Morgan fingerprint density at radius 3 is 2.47 bits per heavy atom. The van der Waals surface area contributed by atoms with Gasteiger partial charge in [0.2, 0.25) is 5.78 Å². The molecule has 1 saturated carbocycles. The third-order valence-corrected chi connectivity index (χ3v) is 6.68. The van der Waals surface area contributed by atoms with Crippen LogP contribution in [-0.2, 0) is 20.8 Å². The summed E-state index contributed by atoms with van der Waals surface area (Å²) in [4.78, 5) is 39.2. The molecule has 3 aliphatic rings. The van der Waals surface area contributed by atoms with Gasteiger partial charge in [0, 0.05) is 37.7 Å². The first-order chi connectivity index (χ1) is 14.9. The van der Waals surface area contributed by atoms with E-state index < -0.39 is 52.0 Å². The van der Waals surface area contributed by atoms with Crippen LogP contribution in [0.4, 0.5) is 5.69 Å². The van der Waals surface area contributed by atoms with Gasteiger partial charge in [-0.05, 0) is 30.4 Å². The number of benzene rings is 1. The molecule has 166 valence electrons. The third-order valence-electron chi connectivity index (χ3n) is 6.68. The van der Waals surface area contributed by atoms with E-state index in [9.17, 15) is 34.8 Å². The van der Waals surface area contributed by atoms with E-state index in [4.69, 9.17) is 12.2 Å². The van der Waals surface area contributed by atoms with Gasteiger partial charge in [-0.15, -0.1) is 6.42 Å². The van der Waals surface area contributed by atoms with Gasteiger partial charge < -0.3 is 31.1 Å². The minimum Gasteiger partial charge on any atom is -0.508 e. The number of phenols is 1. The van der Waals surface area contributed by atoms with E-state index in [1.807, 2.05) is 0 Å². The Labute approximate surface area is 183 Å². The standard InChI is InChI=1S/C23H22N2O7/c1-4-9-7-13(25(2)3)12-6-10-5-11-8-14(26)17(22(24)31)21(30)23(11,32)20(29)15(10)19(28)16(12)18(9)27/h1,7,10-11,27-28,30,32H,5-6,8H2,2-3H3,(H2,24,31). The summed E-state index contributed by atoms with van der Waals surface area (Å²) in [5, 5.41) is 43.6. The second-order valence-electron chi connectivity index (χ2n) is 8.59. The van der Waals surface area contributed by atoms with Crippen LogP contribution in [0.25, 0.3) is 5.76 Å². The van der Waals surface area contributed by atoms with Crippen LogP contribution >= 0.6 is 0 Å². The molecular weight excluding hydrogens is 416 g/mol. The summed E-state index contributed by atoms with van der Waals surface area (Å²) in [6.45, 7) is 0. The quantitative estimate of drug-likeness (QED) is 0.329. The summed E-state index contributed by atoms with van der Waals surface area (Å²) in [5.41, 5.74) is 2.87. The molecule has 0 spiro atoms. The van der Waals surface area contributed by atoms with Gasteiger partial charge in [-0.1, -0.05) is 5.92 Å². The van der Waals surface area contributed by atoms with Crippen molar-refractivity contribution in [1.82, 2.24) is 0 Å². The molecule has 1 aromatic carbocycles. The first-order valence-electron chi connectivity index (χ1n) is 9.95. The highest BCUT2D eigenvalue weighted by Crippen LogP contribution is 2.53. The summed E-state index contributed by atoms with van der Waals surface area (Å²) < 4.78 is 0. The molecule has 32 heavy (non-hydrogen) atoms. The van der Waals surface area contributed by atoms with Crippen molar-refractivity contribution >= 4 is 28.9 Å². The zero-order chi connectivity index (χ0) is 23.7. The van der Waals surface area contributed by atoms with Gasteiger partial charge in [0.05, 0.1) is 11.1 Å². The number of terminal acetylenes is 1. The lowest BCUT2D eigenvalue weighted by Crippen LogP contribution is -2.58. The molecule has 1 amide bonds. The smallest absolute Gasteiger partial charge is 0.255 e. The van der Waals surface area contributed by atoms with Crippen molar-refractivity contribution in [3.63, 3.8) is 0 Å². The highest BCUT2D eigenvalue weighted by molar-refractivity contribution is 6.22. The van der Waals surface area contributed by atoms with E-state index in [1.54, 1.807) is 25.1 Å². The lowest BCUT2D eigenvalue weighted by Gasteiger charge is -2.46. The minimum absolute atomic E-state index is 0.0173. The van der Waals surface area contributed by atoms with E-state index >= 15 is 0 Å². The molecule has 0 aliphatic heterocycles. The Bertz CT molecular complexity index is 1220. The zero-order valence-corrected chi connectivity index (χ0v) is 17.5. The van der Waals surface area contributed by atoms with Gasteiger partial charge >= 0.3 is 0 Å². The van der Waals surface area contributed by atoms with Crippen molar-refractivity contribution < 1.29 is 34.8 Å². The fraction of sp³-hybridized carbons (Fsp3) is 0.348. The Morgan fingerprint density at radius 1 is 1.25 bits per heavy atom. The molecule has 3 atom stereocenters. The van der Waals surface area contributed by atoms with Crippen molar-refractivity contribution in [2.45, 2.75) is 24.9 Å². The van der Waals surface area contributed by atoms with E-state index in [-0.39, 0.29) is 41.7 Å². The van der Waals surface area contributed by atoms with Crippen LogP contribution < -0.4 is 10.6 Å². The zero-order valence-electron chi connectivity index (χ0n) is 17.5. The van der Waals surface area contributed by atoms with Crippen LogP contribution in [0.2, 0.25) is 0 Å². The van der Waals surface area contributed by atoms with Crippen molar-refractivity contribution in [2.24, 2.45) is 17.6 Å². The lowest BCUT2D eigenvalue weighted by atomic mass is 9.59. The number of hydrogen-bond donors (Lipinski definition) is 5. The first kappa shape index (κ1) is 21.5. The van der Waals surface area contributed by atoms with Crippen LogP contribution in [0.1, 0.15) is 29.5 Å². The predicted octanol–water partition coefficient (Wildman–Crippen LogP) is 0.471. The molecule has 3 unspecified atom stereocenters. The highest BCUT2D eigenvalue weighted by atomic mass is 16.3. The van der Waals surface area contributed by atoms with Crippen molar-refractivity contribution in [3.05, 3.63) is 39.7 Å². The molecule has 4 rings (SSSR count). The number of fused-ring (bicyclic) bond motifs is 3. The fourth-order valence-corrected chi connectivity index (χ4v) is 5.18. The number of phenolic OH excluding ortho intramolecular Hbond substituents is 1. The Morgan fingerprint density at radius 2 is 1.91 bits per heavy atom. The van der Waals surface area contributed by atoms with Crippen LogP contribution in [-0.4, -0.2) is 57.6 Å². The number of Topliss-reactive ketones (excluding diaryl/α,β-unsaturated/α-hetero) is 2. The average Bonchev–Trinajstić information content (AvgIpc) is 2.70. The number of aromatic hydroxyl groups is 1. The number of aliphatic hydroxyl groups is 3. The molecular formula is C23H22N2O7. The molecule has 0 bridgehead atoms. The molecule has 0 saturated heterocycles. The average molecular weight is 438 g/mol. The fourth-order valence-electron chi connectivity index (χ4n) is 5.18. The summed E-state index contributed by atoms with van der Waals surface area (Å²) in [6, 6.07) is 1.60. The Hall–Kier alpha value is -3.77. The summed E-state index contributed by atoms with van der Waals surface area (Å²) >= 11 is 0. The maximum absolute atomic E-state index is 13.4. The first-order valence-corrected chi connectivity index (χ1v) is 9.95. The number of hydrogen-bond acceptors (Lipinski definition) is 8. The SMILES string of the molecule is C#Cc1cc(N(C)C)c2c(c1O)C(O)=C1C(=O)C3(O)C(O)=C(C(N)=O)C(=O)CC3CC1C2. The Kier molecular flexibility index (Phi) is 4.61. The molecule has 6 N–H and O–H groups in total. The highest BCUT2D eigenvalue weighted by Gasteiger charge is 2.60. The van der Waals surface area contributed by atoms with Crippen LogP contribution in [0.3, 0.4) is 0 Å². The van der Waals surface area contributed by atoms with E-state index in [1.165, 1.54) is 0 Å². The lowest BCUT2D eigenvalue weighted by molar-refractivity contribution is -0.147. The van der Waals surface area contributed by atoms with E-state index in [2.05, 4.69) is 5.92 Å². The number of amides is 1. The third kappa shape index (κ3) is 2.59. The number of nitrogens with zero attached hydrogens (tertiary/aromatic N) is 1. The van der Waals surface area contributed by atoms with Gasteiger partial charge in [-0.3, -0.25) is 14.4 Å². The molecule has 0 heterocycles. The van der Waals surface area contributed by atoms with Crippen molar-refractivity contribution in [2.75, 3.05) is 19.0 Å². The molecule has 0 radical (unpaired) electrons. The second kappa shape index (κ2) is 6.87. The van der Waals surface area contributed by atoms with Gasteiger partial charge in [0.15, 0.2) is 11.4 Å². The normalized spacial score (nSPS) is 26.8.